The molecule has 0 heterocycles. The molecule has 0 aliphatic carbocycles. The van der Waals surface area contributed by atoms with Crippen LogP contribution in [0.4, 0.5) is 0 Å². The Bertz CT molecular complexity index is 524. The molecule has 0 aliphatic heterocycles. The van der Waals surface area contributed by atoms with Crippen LogP contribution in [0.3, 0.4) is 0 Å². The zero-order valence-electron chi connectivity index (χ0n) is 13.0. The summed E-state index contributed by atoms with van der Waals surface area (Å²) in [5.41, 5.74) is 3.94. The quantitative estimate of drug-likeness (QED) is 0.799. The lowest BCUT2D eigenvalue weighted by atomic mass is 9.99. The van der Waals surface area contributed by atoms with E-state index in [4.69, 9.17) is 4.74 Å². The van der Waals surface area contributed by atoms with Gasteiger partial charge in [0.05, 0.1) is 13.2 Å². The molecule has 1 atom stereocenters. The first kappa shape index (κ1) is 15.7. The molecule has 0 saturated heterocycles. The van der Waals surface area contributed by atoms with E-state index in [9.17, 15) is 0 Å². The van der Waals surface area contributed by atoms with Crippen molar-refractivity contribution in [3.63, 3.8) is 0 Å². The van der Waals surface area contributed by atoms with Gasteiger partial charge in [0.1, 0.15) is 0 Å². The van der Waals surface area contributed by atoms with Gasteiger partial charge < -0.3 is 10.1 Å². The van der Waals surface area contributed by atoms with Gasteiger partial charge in [-0.15, -0.1) is 0 Å². The van der Waals surface area contributed by atoms with Crippen molar-refractivity contribution in [2.24, 2.45) is 5.92 Å². The molecule has 2 aromatic carbocycles. The van der Waals surface area contributed by atoms with Crippen molar-refractivity contribution in [3.05, 3.63) is 71.3 Å². The van der Waals surface area contributed by atoms with Crippen LogP contribution < -0.4 is 5.32 Å². The van der Waals surface area contributed by atoms with E-state index in [1.807, 2.05) is 13.1 Å². The van der Waals surface area contributed by atoms with Crippen molar-refractivity contribution in [3.8, 4) is 0 Å². The maximum Gasteiger partial charge on any atom is 0.0717 e. The normalized spacial score (nSPS) is 12.3. The zero-order valence-corrected chi connectivity index (χ0v) is 13.0. The summed E-state index contributed by atoms with van der Waals surface area (Å²) < 4.78 is 5.90. The minimum absolute atomic E-state index is 0.500. The standard InChI is InChI=1S/C19H25NO/c1-16-7-6-10-18(11-16)12-19(13-20-2)15-21-14-17-8-4-3-5-9-17/h3-11,19-20H,12-15H2,1-2H3. The van der Waals surface area contributed by atoms with Crippen LogP contribution in [0.15, 0.2) is 54.6 Å². The smallest absolute Gasteiger partial charge is 0.0717 e. The molecule has 0 spiro atoms. The highest BCUT2D eigenvalue weighted by Crippen LogP contribution is 2.12. The summed E-state index contributed by atoms with van der Waals surface area (Å²) in [5.74, 6) is 0.500. The fourth-order valence-electron chi connectivity index (χ4n) is 2.57. The van der Waals surface area contributed by atoms with Crippen LogP contribution in [0.1, 0.15) is 16.7 Å². The van der Waals surface area contributed by atoms with Gasteiger partial charge in [-0.2, -0.15) is 0 Å². The largest absolute Gasteiger partial charge is 0.376 e. The summed E-state index contributed by atoms with van der Waals surface area (Å²) in [6, 6.07) is 19.1. The molecule has 0 aliphatic rings. The molecule has 0 radical (unpaired) electrons. The van der Waals surface area contributed by atoms with Gasteiger partial charge in [-0.3, -0.25) is 0 Å². The predicted molar refractivity (Wildman–Crippen MR) is 88.4 cm³/mol. The second kappa shape index (κ2) is 8.60. The van der Waals surface area contributed by atoms with Crippen molar-refractivity contribution in [1.29, 1.82) is 0 Å². The predicted octanol–water partition coefficient (Wildman–Crippen LogP) is 3.59. The van der Waals surface area contributed by atoms with Gasteiger partial charge in [0.15, 0.2) is 0 Å². The van der Waals surface area contributed by atoms with Crippen LogP contribution in [-0.2, 0) is 17.8 Å². The van der Waals surface area contributed by atoms with Crippen molar-refractivity contribution < 1.29 is 4.74 Å². The van der Waals surface area contributed by atoms with Crippen molar-refractivity contribution in [1.82, 2.24) is 5.32 Å². The van der Waals surface area contributed by atoms with E-state index < -0.39 is 0 Å². The van der Waals surface area contributed by atoms with Crippen LogP contribution in [0.25, 0.3) is 0 Å². The molecular formula is C19H25NO. The Kier molecular flexibility index (Phi) is 6.45. The van der Waals surface area contributed by atoms with Crippen molar-refractivity contribution in [2.45, 2.75) is 20.0 Å². The minimum atomic E-state index is 0.500. The SMILES string of the molecule is CNCC(COCc1ccccc1)Cc1cccc(C)c1. The summed E-state index contributed by atoms with van der Waals surface area (Å²) in [5, 5.41) is 3.27. The van der Waals surface area contributed by atoms with Crippen molar-refractivity contribution in [2.75, 3.05) is 20.2 Å². The number of rotatable bonds is 8. The molecule has 0 bridgehead atoms. The van der Waals surface area contributed by atoms with Gasteiger partial charge in [0.2, 0.25) is 0 Å². The first-order chi connectivity index (χ1) is 10.3. The number of hydrogen-bond donors (Lipinski definition) is 1. The summed E-state index contributed by atoms with van der Waals surface area (Å²) in [6.45, 7) is 4.59. The van der Waals surface area contributed by atoms with Gasteiger partial charge in [-0.1, -0.05) is 60.2 Å². The Labute approximate surface area is 128 Å². The van der Waals surface area contributed by atoms with E-state index >= 15 is 0 Å². The van der Waals surface area contributed by atoms with E-state index in [0.29, 0.717) is 12.5 Å². The Morgan fingerprint density at radius 2 is 1.76 bits per heavy atom. The monoisotopic (exact) mass is 283 g/mol. The van der Waals surface area contributed by atoms with Crippen LogP contribution in [0, 0.1) is 12.8 Å². The summed E-state index contributed by atoms with van der Waals surface area (Å²) in [4.78, 5) is 0. The topological polar surface area (TPSA) is 21.3 Å². The summed E-state index contributed by atoms with van der Waals surface area (Å²) in [7, 11) is 2.00. The molecule has 0 saturated carbocycles. The van der Waals surface area contributed by atoms with Crippen LogP contribution in [-0.4, -0.2) is 20.2 Å². The van der Waals surface area contributed by atoms with Crippen LogP contribution in [0.2, 0.25) is 0 Å². The lowest BCUT2D eigenvalue weighted by molar-refractivity contribution is 0.0871. The first-order valence-corrected chi connectivity index (χ1v) is 7.59. The lowest BCUT2D eigenvalue weighted by Gasteiger charge is -2.17. The molecule has 0 amide bonds. The molecular weight excluding hydrogens is 258 g/mol. The first-order valence-electron chi connectivity index (χ1n) is 7.59. The van der Waals surface area contributed by atoms with E-state index in [2.05, 4.69) is 60.8 Å². The highest BCUT2D eigenvalue weighted by molar-refractivity contribution is 5.22. The van der Waals surface area contributed by atoms with Crippen LogP contribution >= 0.6 is 0 Å². The van der Waals surface area contributed by atoms with Gasteiger partial charge in [-0.25, -0.2) is 0 Å². The average molecular weight is 283 g/mol. The van der Waals surface area contributed by atoms with E-state index in [-0.39, 0.29) is 0 Å². The molecule has 2 nitrogen and oxygen atoms in total. The number of benzene rings is 2. The molecule has 112 valence electrons. The van der Waals surface area contributed by atoms with Gasteiger partial charge in [0.25, 0.3) is 0 Å². The van der Waals surface area contributed by atoms with Crippen molar-refractivity contribution >= 4 is 0 Å². The highest BCUT2D eigenvalue weighted by Gasteiger charge is 2.09. The molecule has 2 aromatic rings. The van der Waals surface area contributed by atoms with Gasteiger partial charge >= 0.3 is 0 Å². The number of nitrogens with one attached hydrogen (secondary N) is 1. The van der Waals surface area contributed by atoms with E-state index in [0.717, 1.165) is 19.6 Å². The maximum absolute atomic E-state index is 5.90. The molecule has 0 aromatic heterocycles. The van der Waals surface area contributed by atoms with Gasteiger partial charge in [-0.05, 0) is 37.4 Å². The molecule has 21 heavy (non-hydrogen) atoms. The molecule has 1 unspecified atom stereocenters. The number of aryl methyl sites for hydroxylation is 1. The third-order valence-electron chi connectivity index (χ3n) is 3.56. The minimum Gasteiger partial charge on any atom is -0.376 e. The number of hydrogen-bond acceptors (Lipinski definition) is 2. The molecule has 1 N–H and O–H groups in total. The summed E-state index contributed by atoms with van der Waals surface area (Å²) >= 11 is 0. The van der Waals surface area contributed by atoms with Gasteiger partial charge in [0, 0.05) is 6.54 Å². The summed E-state index contributed by atoms with van der Waals surface area (Å²) in [6.07, 6.45) is 1.05. The number of ether oxygens (including phenoxy) is 1. The average Bonchev–Trinajstić information content (AvgIpc) is 2.48. The highest BCUT2D eigenvalue weighted by atomic mass is 16.5. The Hall–Kier alpha value is -1.64. The van der Waals surface area contributed by atoms with E-state index in [1.165, 1.54) is 16.7 Å². The Morgan fingerprint density at radius 3 is 2.48 bits per heavy atom. The van der Waals surface area contributed by atoms with E-state index in [1.54, 1.807) is 0 Å². The lowest BCUT2D eigenvalue weighted by Crippen LogP contribution is -2.25. The molecule has 0 fully saturated rings. The third-order valence-corrected chi connectivity index (χ3v) is 3.56. The second-order valence-corrected chi connectivity index (χ2v) is 5.62. The Balaban J connectivity index is 1.84. The zero-order chi connectivity index (χ0) is 14.9. The fourth-order valence-corrected chi connectivity index (χ4v) is 2.57. The third kappa shape index (κ3) is 5.70. The maximum atomic E-state index is 5.90. The molecule has 2 rings (SSSR count). The second-order valence-electron chi connectivity index (χ2n) is 5.62. The van der Waals surface area contributed by atoms with Crippen LogP contribution in [0.5, 0.6) is 0 Å². The fraction of sp³-hybridized carbons (Fsp3) is 0.368. The molecule has 2 heteroatoms. The Morgan fingerprint density at radius 1 is 1.00 bits per heavy atom.